The molecule has 0 amide bonds. The van der Waals surface area contributed by atoms with Crippen molar-refractivity contribution in [3.8, 4) is 0 Å². The van der Waals surface area contributed by atoms with Gasteiger partial charge < -0.3 is 14.8 Å². The molecule has 0 aliphatic heterocycles. The first-order valence-corrected chi connectivity index (χ1v) is 7.73. The van der Waals surface area contributed by atoms with Gasteiger partial charge in [0, 0.05) is 32.8 Å². The number of unbranched alkanes of at least 4 members (excludes halogenated alkanes) is 2. The van der Waals surface area contributed by atoms with Gasteiger partial charge in [0.05, 0.1) is 13.2 Å². The van der Waals surface area contributed by atoms with Crippen molar-refractivity contribution >= 4 is 0 Å². The van der Waals surface area contributed by atoms with Gasteiger partial charge in [0.1, 0.15) is 0 Å². The van der Waals surface area contributed by atoms with Crippen molar-refractivity contribution in [1.82, 2.24) is 10.2 Å². The van der Waals surface area contributed by atoms with Crippen LogP contribution in [0.5, 0.6) is 0 Å². The second-order valence-electron chi connectivity index (χ2n) is 5.62. The number of nitrogens with one attached hydrogen (secondary N) is 1. The molecule has 4 nitrogen and oxygen atoms in total. The third-order valence-corrected chi connectivity index (χ3v) is 3.75. The number of rotatable bonds is 13. The van der Waals surface area contributed by atoms with Crippen LogP contribution in [-0.2, 0) is 9.47 Å². The summed E-state index contributed by atoms with van der Waals surface area (Å²) in [7, 11) is 3.54. The van der Waals surface area contributed by atoms with Gasteiger partial charge in [-0.2, -0.15) is 0 Å². The molecule has 1 fully saturated rings. The van der Waals surface area contributed by atoms with Crippen LogP contribution in [0.1, 0.15) is 39.0 Å². The molecule has 1 aliphatic carbocycles. The number of hydrogen-bond donors (Lipinski definition) is 1. The molecule has 1 N–H and O–H groups in total. The molecular formula is C15H32N2O2. The van der Waals surface area contributed by atoms with Gasteiger partial charge in [-0.3, -0.25) is 4.90 Å². The zero-order valence-corrected chi connectivity index (χ0v) is 13.0. The second-order valence-corrected chi connectivity index (χ2v) is 5.62. The molecule has 1 rings (SSSR count). The smallest absolute Gasteiger partial charge is 0.0615 e. The molecule has 0 bridgehead atoms. The lowest BCUT2D eigenvalue weighted by Crippen LogP contribution is -2.39. The van der Waals surface area contributed by atoms with Gasteiger partial charge in [-0.05, 0) is 45.7 Å². The Morgan fingerprint density at radius 3 is 2.53 bits per heavy atom. The fourth-order valence-electron chi connectivity index (χ4n) is 2.32. The summed E-state index contributed by atoms with van der Waals surface area (Å²) in [5.41, 5.74) is 0. The molecule has 0 radical (unpaired) electrons. The van der Waals surface area contributed by atoms with E-state index in [4.69, 9.17) is 9.47 Å². The molecule has 0 aromatic heterocycles. The van der Waals surface area contributed by atoms with Crippen LogP contribution < -0.4 is 5.32 Å². The molecule has 0 spiro atoms. The summed E-state index contributed by atoms with van der Waals surface area (Å²) in [5, 5.41) is 3.57. The standard InChI is InChI=1S/C15H32N2O2/c1-14(13-19-3)17(11-12-18-2)10-6-4-5-9-16-15-7-8-15/h14-16H,4-13H2,1-3H3. The van der Waals surface area contributed by atoms with Crippen LogP contribution in [0.3, 0.4) is 0 Å². The molecule has 0 saturated heterocycles. The SMILES string of the molecule is COCCN(CCCCCNC1CC1)C(C)COC. The van der Waals surface area contributed by atoms with E-state index in [0.29, 0.717) is 6.04 Å². The average molecular weight is 272 g/mol. The van der Waals surface area contributed by atoms with Crippen molar-refractivity contribution in [3.63, 3.8) is 0 Å². The number of nitrogens with zero attached hydrogens (tertiary/aromatic N) is 1. The Balaban J connectivity index is 2.04. The predicted molar refractivity (Wildman–Crippen MR) is 79.7 cm³/mol. The Bertz CT molecular complexity index is 210. The van der Waals surface area contributed by atoms with Gasteiger partial charge in [0.15, 0.2) is 0 Å². The number of hydrogen-bond acceptors (Lipinski definition) is 4. The lowest BCUT2D eigenvalue weighted by Gasteiger charge is -2.28. The predicted octanol–water partition coefficient (Wildman–Crippen LogP) is 1.89. The largest absolute Gasteiger partial charge is 0.383 e. The zero-order valence-electron chi connectivity index (χ0n) is 13.0. The van der Waals surface area contributed by atoms with Crippen molar-refractivity contribution in [2.75, 3.05) is 47.1 Å². The highest BCUT2D eigenvalue weighted by Gasteiger charge is 2.19. The number of methoxy groups -OCH3 is 2. The van der Waals surface area contributed by atoms with E-state index in [1.807, 2.05) is 0 Å². The summed E-state index contributed by atoms with van der Waals surface area (Å²) in [6.07, 6.45) is 6.65. The summed E-state index contributed by atoms with van der Waals surface area (Å²) in [6, 6.07) is 1.32. The molecule has 0 aromatic rings. The highest BCUT2D eigenvalue weighted by molar-refractivity contribution is 4.80. The van der Waals surface area contributed by atoms with Crippen molar-refractivity contribution in [1.29, 1.82) is 0 Å². The normalized spacial score (nSPS) is 17.1. The number of ether oxygens (including phenoxy) is 2. The summed E-state index contributed by atoms with van der Waals surface area (Å²) < 4.78 is 10.4. The second kappa shape index (κ2) is 10.6. The minimum absolute atomic E-state index is 0.477. The molecule has 1 atom stereocenters. The summed E-state index contributed by atoms with van der Waals surface area (Å²) >= 11 is 0. The van der Waals surface area contributed by atoms with Crippen LogP contribution >= 0.6 is 0 Å². The van der Waals surface area contributed by atoms with E-state index < -0.39 is 0 Å². The van der Waals surface area contributed by atoms with Crippen LogP contribution in [-0.4, -0.2) is 64.1 Å². The van der Waals surface area contributed by atoms with Gasteiger partial charge in [0.25, 0.3) is 0 Å². The van der Waals surface area contributed by atoms with Crippen molar-refractivity contribution in [3.05, 3.63) is 0 Å². The zero-order chi connectivity index (χ0) is 13.9. The third-order valence-electron chi connectivity index (χ3n) is 3.75. The molecule has 0 heterocycles. The Labute approximate surface area is 118 Å². The Hall–Kier alpha value is -0.160. The first kappa shape index (κ1) is 16.9. The quantitative estimate of drug-likeness (QED) is 0.519. The fourth-order valence-corrected chi connectivity index (χ4v) is 2.32. The summed E-state index contributed by atoms with van der Waals surface area (Å²) in [6.45, 7) is 7.17. The van der Waals surface area contributed by atoms with Gasteiger partial charge in [-0.25, -0.2) is 0 Å². The van der Waals surface area contributed by atoms with Gasteiger partial charge in [0.2, 0.25) is 0 Å². The van der Waals surface area contributed by atoms with Crippen LogP contribution in [0, 0.1) is 0 Å². The highest BCUT2D eigenvalue weighted by atomic mass is 16.5. The molecule has 1 unspecified atom stereocenters. The fraction of sp³-hybridized carbons (Fsp3) is 1.00. The van der Waals surface area contributed by atoms with E-state index in [-0.39, 0.29) is 0 Å². The molecule has 1 aliphatic rings. The molecule has 1 saturated carbocycles. The van der Waals surface area contributed by atoms with Gasteiger partial charge >= 0.3 is 0 Å². The summed E-state index contributed by atoms with van der Waals surface area (Å²) in [4.78, 5) is 2.47. The van der Waals surface area contributed by atoms with Crippen LogP contribution in [0.15, 0.2) is 0 Å². The minimum atomic E-state index is 0.477. The van der Waals surface area contributed by atoms with E-state index >= 15 is 0 Å². The van der Waals surface area contributed by atoms with Crippen molar-refractivity contribution in [2.24, 2.45) is 0 Å². The molecule has 19 heavy (non-hydrogen) atoms. The Morgan fingerprint density at radius 1 is 1.11 bits per heavy atom. The lowest BCUT2D eigenvalue weighted by atomic mass is 10.2. The first-order chi connectivity index (χ1) is 9.27. The first-order valence-electron chi connectivity index (χ1n) is 7.73. The molecular weight excluding hydrogens is 240 g/mol. The lowest BCUT2D eigenvalue weighted by molar-refractivity contribution is 0.0740. The third kappa shape index (κ3) is 8.58. The average Bonchev–Trinajstić information content (AvgIpc) is 3.21. The van der Waals surface area contributed by atoms with E-state index in [0.717, 1.165) is 32.3 Å². The van der Waals surface area contributed by atoms with Gasteiger partial charge in [-0.1, -0.05) is 6.42 Å². The maximum absolute atomic E-state index is 5.25. The topological polar surface area (TPSA) is 33.7 Å². The molecule has 0 aromatic carbocycles. The Kier molecular flexibility index (Phi) is 9.43. The minimum Gasteiger partial charge on any atom is -0.383 e. The maximum Gasteiger partial charge on any atom is 0.0615 e. The van der Waals surface area contributed by atoms with Crippen LogP contribution in [0.25, 0.3) is 0 Å². The van der Waals surface area contributed by atoms with E-state index in [1.165, 1.54) is 38.6 Å². The van der Waals surface area contributed by atoms with Crippen molar-refractivity contribution in [2.45, 2.75) is 51.1 Å². The molecule has 4 heteroatoms. The van der Waals surface area contributed by atoms with Crippen molar-refractivity contribution < 1.29 is 9.47 Å². The van der Waals surface area contributed by atoms with Gasteiger partial charge in [-0.15, -0.1) is 0 Å². The highest BCUT2D eigenvalue weighted by Crippen LogP contribution is 2.18. The maximum atomic E-state index is 5.25. The van der Waals surface area contributed by atoms with Crippen LogP contribution in [0.2, 0.25) is 0 Å². The molecule has 114 valence electrons. The van der Waals surface area contributed by atoms with Crippen LogP contribution in [0.4, 0.5) is 0 Å². The monoisotopic (exact) mass is 272 g/mol. The van der Waals surface area contributed by atoms with E-state index in [9.17, 15) is 0 Å². The van der Waals surface area contributed by atoms with E-state index in [1.54, 1.807) is 14.2 Å². The Morgan fingerprint density at radius 2 is 1.89 bits per heavy atom. The summed E-state index contributed by atoms with van der Waals surface area (Å²) in [5.74, 6) is 0. The van der Waals surface area contributed by atoms with E-state index in [2.05, 4.69) is 17.1 Å².